The number of nitrogens with zero attached hydrogens (tertiary/aromatic N) is 4. The topological polar surface area (TPSA) is 51.0 Å². The Hall–Kier alpha value is -1.39. The lowest BCUT2D eigenvalue weighted by Gasteiger charge is -2.27. The molecule has 0 fully saturated rings. The second-order valence-electron chi connectivity index (χ2n) is 4.23. The van der Waals surface area contributed by atoms with Gasteiger partial charge in [0, 0.05) is 25.8 Å². The highest BCUT2D eigenvalue weighted by Gasteiger charge is 2.23. The van der Waals surface area contributed by atoms with Crippen molar-refractivity contribution in [2.24, 2.45) is 0 Å². The van der Waals surface area contributed by atoms with Gasteiger partial charge in [0.1, 0.15) is 18.3 Å². The molecule has 0 atom stereocenters. The van der Waals surface area contributed by atoms with Crippen molar-refractivity contribution < 1.29 is 4.79 Å². The first-order valence-corrected chi connectivity index (χ1v) is 5.27. The van der Waals surface area contributed by atoms with Gasteiger partial charge < -0.3 is 4.90 Å². The number of hydrogen-bond donors (Lipinski definition) is 0. The Morgan fingerprint density at radius 1 is 1.40 bits per heavy atom. The molecule has 5 heteroatoms. The maximum Gasteiger partial charge on any atom is 0.220 e. The summed E-state index contributed by atoms with van der Waals surface area (Å²) in [6.07, 6.45) is 0.805. The zero-order chi connectivity index (χ0) is 11.0. The molecule has 2 rings (SSSR count). The third kappa shape index (κ3) is 1.73. The van der Waals surface area contributed by atoms with Gasteiger partial charge in [-0.25, -0.2) is 0 Å². The standard InChI is InChI=1S/C10H16N4O/c1-7(2)10-12-11-9-4-5-13(8(3)15)6-14(9)10/h7H,4-6H2,1-3H3. The Bertz CT molecular complexity index is 383. The molecule has 1 amide bonds. The number of amides is 1. The van der Waals surface area contributed by atoms with Crippen LogP contribution in [0.2, 0.25) is 0 Å². The van der Waals surface area contributed by atoms with Crippen LogP contribution >= 0.6 is 0 Å². The second kappa shape index (κ2) is 3.64. The molecule has 15 heavy (non-hydrogen) atoms. The summed E-state index contributed by atoms with van der Waals surface area (Å²) < 4.78 is 2.05. The number of carbonyl (C=O) groups is 1. The molecule has 2 heterocycles. The molecule has 0 bridgehead atoms. The highest BCUT2D eigenvalue weighted by molar-refractivity contribution is 5.73. The Labute approximate surface area is 89.1 Å². The summed E-state index contributed by atoms with van der Waals surface area (Å²) in [6, 6.07) is 0. The van der Waals surface area contributed by atoms with Crippen molar-refractivity contribution in [3.05, 3.63) is 11.6 Å². The van der Waals surface area contributed by atoms with Gasteiger partial charge in [-0.1, -0.05) is 13.8 Å². The summed E-state index contributed by atoms with van der Waals surface area (Å²) in [6.45, 7) is 7.13. The van der Waals surface area contributed by atoms with E-state index in [1.165, 1.54) is 0 Å². The van der Waals surface area contributed by atoms with Gasteiger partial charge in [-0.15, -0.1) is 10.2 Å². The molecule has 1 aliphatic rings. The Morgan fingerprint density at radius 3 is 2.73 bits per heavy atom. The molecule has 82 valence electrons. The van der Waals surface area contributed by atoms with Crippen molar-refractivity contribution >= 4 is 5.91 Å². The molecule has 1 aromatic heterocycles. The van der Waals surface area contributed by atoms with E-state index in [1.54, 1.807) is 6.92 Å². The van der Waals surface area contributed by atoms with E-state index >= 15 is 0 Å². The molecule has 5 nitrogen and oxygen atoms in total. The fourth-order valence-electron chi connectivity index (χ4n) is 1.85. The van der Waals surface area contributed by atoms with E-state index in [0.717, 1.165) is 24.6 Å². The summed E-state index contributed by atoms with van der Waals surface area (Å²) in [5, 5.41) is 8.31. The van der Waals surface area contributed by atoms with E-state index in [2.05, 4.69) is 28.6 Å². The molecule has 0 unspecified atom stereocenters. The SMILES string of the molecule is CC(=O)N1CCc2nnc(C(C)C)n2C1. The molecule has 1 aliphatic heterocycles. The van der Waals surface area contributed by atoms with Crippen LogP contribution in [0, 0.1) is 0 Å². The van der Waals surface area contributed by atoms with Gasteiger partial charge in [-0.2, -0.15) is 0 Å². The maximum atomic E-state index is 11.3. The smallest absolute Gasteiger partial charge is 0.220 e. The van der Waals surface area contributed by atoms with Crippen LogP contribution < -0.4 is 0 Å². The summed E-state index contributed by atoms with van der Waals surface area (Å²) >= 11 is 0. The predicted octanol–water partition coefficient (Wildman–Crippen LogP) is 0.764. The van der Waals surface area contributed by atoms with Crippen LogP contribution in [-0.4, -0.2) is 32.1 Å². The molecule has 0 aliphatic carbocycles. The van der Waals surface area contributed by atoms with Crippen molar-refractivity contribution in [2.75, 3.05) is 6.54 Å². The first-order chi connectivity index (χ1) is 7.09. The first-order valence-electron chi connectivity index (χ1n) is 5.27. The van der Waals surface area contributed by atoms with Crippen molar-refractivity contribution in [3.63, 3.8) is 0 Å². The normalized spacial score (nSPS) is 15.6. The van der Waals surface area contributed by atoms with E-state index in [0.29, 0.717) is 12.6 Å². The van der Waals surface area contributed by atoms with E-state index in [9.17, 15) is 4.79 Å². The molecule has 0 N–H and O–H groups in total. The third-order valence-corrected chi connectivity index (χ3v) is 2.74. The van der Waals surface area contributed by atoms with E-state index < -0.39 is 0 Å². The molecular weight excluding hydrogens is 192 g/mol. The summed E-state index contributed by atoms with van der Waals surface area (Å²) in [7, 11) is 0. The third-order valence-electron chi connectivity index (χ3n) is 2.74. The minimum absolute atomic E-state index is 0.115. The first kappa shape index (κ1) is 10.1. The van der Waals surface area contributed by atoms with Gasteiger partial charge in [0.05, 0.1) is 0 Å². The highest BCUT2D eigenvalue weighted by Crippen LogP contribution is 2.17. The molecular formula is C10H16N4O. The average Bonchev–Trinajstić information content (AvgIpc) is 2.59. The van der Waals surface area contributed by atoms with Crippen molar-refractivity contribution in [1.29, 1.82) is 0 Å². The lowest BCUT2D eigenvalue weighted by molar-refractivity contribution is -0.131. The van der Waals surface area contributed by atoms with Crippen LogP contribution in [0.15, 0.2) is 0 Å². The van der Waals surface area contributed by atoms with Crippen LogP contribution in [0.4, 0.5) is 0 Å². The minimum atomic E-state index is 0.115. The van der Waals surface area contributed by atoms with E-state index in [4.69, 9.17) is 0 Å². The molecule has 0 spiro atoms. The van der Waals surface area contributed by atoms with Crippen molar-refractivity contribution in [3.8, 4) is 0 Å². The lowest BCUT2D eigenvalue weighted by atomic mass is 10.2. The number of carbonyl (C=O) groups excluding carboxylic acids is 1. The van der Waals surface area contributed by atoms with Gasteiger partial charge in [0.25, 0.3) is 0 Å². The molecule has 0 saturated heterocycles. The summed E-state index contributed by atoms with van der Waals surface area (Å²) in [4.78, 5) is 13.1. The molecule has 0 radical (unpaired) electrons. The maximum absolute atomic E-state index is 11.3. The van der Waals surface area contributed by atoms with Crippen LogP contribution in [0.1, 0.15) is 38.3 Å². The fraction of sp³-hybridized carbons (Fsp3) is 0.700. The molecule has 0 aromatic carbocycles. The minimum Gasteiger partial charge on any atom is -0.324 e. The monoisotopic (exact) mass is 208 g/mol. The largest absolute Gasteiger partial charge is 0.324 e. The second-order valence-corrected chi connectivity index (χ2v) is 4.23. The van der Waals surface area contributed by atoms with Gasteiger partial charge >= 0.3 is 0 Å². The Morgan fingerprint density at radius 2 is 2.13 bits per heavy atom. The van der Waals surface area contributed by atoms with E-state index in [-0.39, 0.29) is 5.91 Å². The van der Waals surface area contributed by atoms with Crippen LogP contribution in [0.3, 0.4) is 0 Å². The zero-order valence-corrected chi connectivity index (χ0v) is 9.40. The van der Waals surface area contributed by atoms with Crippen molar-refractivity contribution in [2.45, 2.75) is 39.8 Å². The number of aromatic nitrogens is 3. The molecule has 0 saturated carbocycles. The summed E-state index contributed by atoms with van der Waals surface area (Å²) in [5.41, 5.74) is 0. The fourth-order valence-corrected chi connectivity index (χ4v) is 1.85. The Balaban J connectivity index is 2.30. The van der Waals surface area contributed by atoms with E-state index in [1.807, 2.05) is 4.90 Å². The summed E-state index contributed by atoms with van der Waals surface area (Å²) in [5.74, 6) is 2.43. The zero-order valence-electron chi connectivity index (χ0n) is 9.40. The van der Waals surface area contributed by atoms with Gasteiger partial charge in [-0.05, 0) is 0 Å². The quantitative estimate of drug-likeness (QED) is 0.684. The van der Waals surface area contributed by atoms with Crippen LogP contribution in [0.25, 0.3) is 0 Å². The number of rotatable bonds is 1. The molecule has 1 aromatic rings. The Kier molecular flexibility index (Phi) is 2.46. The van der Waals surface area contributed by atoms with Gasteiger partial charge in [-0.3, -0.25) is 9.36 Å². The van der Waals surface area contributed by atoms with Gasteiger partial charge in [0.2, 0.25) is 5.91 Å². The number of hydrogen-bond acceptors (Lipinski definition) is 3. The van der Waals surface area contributed by atoms with Gasteiger partial charge in [0.15, 0.2) is 0 Å². The number of fused-ring (bicyclic) bond motifs is 1. The lowest BCUT2D eigenvalue weighted by Crippen LogP contribution is -2.38. The average molecular weight is 208 g/mol. The predicted molar refractivity (Wildman–Crippen MR) is 55.2 cm³/mol. The van der Waals surface area contributed by atoms with Crippen LogP contribution in [-0.2, 0) is 17.9 Å². The highest BCUT2D eigenvalue weighted by atomic mass is 16.2. The van der Waals surface area contributed by atoms with Crippen LogP contribution in [0.5, 0.6) is 0 Å². The van der Waals surface area contributed by atoms with Crippen molar-refractivity contribution in [1.82, 2.24) is 19.7 Å².